The SMILES string of the molecule is Cc1c(C)c2c(c(C)c1O)CC[C@@](C)(C(=O)N(C)Cc1n[nH]c(=O)[nH]1)O2. The molecule has 1 aliphatic heterocycles. The predicted molar refractivity (Wildman–Crippen MR) is 95.4 cm³/mol. The molecule has 0 fully saturated rings. The van der Waals surface area contributed by atoms with Crippen LogP contribution in [0.5, 0.6) is 11.5 Å². The lowest BCUT2D eigenvalue weighted by Gasteiger charge is -2.38. The standard InChI is InChI=1S/C18H24N4O4/c1-9-10(2)15-12(11(3)14(9)23)6-7-18(4,26-15)16(24)22(5)8-13-19-17(25)21-20-13/h23H,6-8H2,1-5H3,(H2,19,20,21,25)/t18-/m0/s1. The molecule has 2 aromatic rings. The van der Waals surface area contributed by atoms with Gasteiger partial charge in [0, 0.05) is 19.0 Å². The number of phenols is 1. The number of phenolic OH excluding ortho intramolecular Hbond substituents is 1. The largest absolute Gasteiger partial charge is 0.507 e. The third-order valence-corrected chi connectivity index (χ3v) is 5.26. The van der Waals surface area contributed by atoms with Crippen LogP contribution in [0.2, 0.25) is 0 Å². The maximum atomic E-state index is 13.0. The Bertz CT molecular complexity index is 930. The van der Waals surface area contributed by atoms with Gasteiger partial charge >= 0.3 is 5.69 Å². The fourth-order valence-electron chi connectivity index (χ4n) is 3.48. The van der Waals surface area contributed by atoms with Gasteiger partial charge < -0.3 is 14.7 Å². The highest BCUT2D eigenvalue weighted by atomic mass is 16.5. The van der Waals surface area contributed by atoms with Crippen LogP contribution in [0.4, 0.5) is 0 Å². The Labute approximate surface area is 151 Å². The first-order chi connectivity index (χ1) is 12.1. The molecule has 0 saturated heterocycles. The second-order valence-electron chi connectivity index (χ2n) is 7.15. The van der Waals surface area contributed by atoms with E-state index in [0.717, 1.165) is 22.3 Å². The molecule has 0 unspecified atom stereocenters. The number of nitrogens with zero attached hydrogens (tertiary/aromatic N) is 2. The summed E-state index contributed by atoms with van der Waals surface area (Å²) in [5.41, 5.74) is 1.95. The number of aromatic nitrogens is 3. The van der Waals surface area contributed by atoms with Gasteiger partial charge in [-0.1, -0.05) is 0 Å². The summed E-state index contributed by atoms with van der Waals surface area (Å²) >= 11 is 0. The molecule has 0 bridgehead atoms. The van der Waals surface area contributed by atoms with Crippen LogP contribution in [0.1, 0.15) is 41.4 Å². The van der Waals surface area contributed by atoms with Crippen molar-refractivity contribution in [1.29, 1.82) is 0 Å². The second kappa shape index (κ2) is 6.19. The Morgan fingerprint density at radius 1 is 1.31 bits per heavy atom. The van der Waals surface area contributed by atoms with Gasteiger partial charge in [0.25, 0.3) is 5.91 Å². The van der Waals surface area contributed by atoms with Gasteiger partial charge in [-0.05, 0) is 50.8 Å². The van der Waals surface area contributed by atoms with Crippen molar-refractivity contribution in [1.82, 2.24) is 20.1 Å². The minimum absolute atomic E-state index is 0.177. The maximum Gasteiger partial charge on any atom is 0.340 e. The molecular weight excluding hydrogens is 336 g/mol. The summed E-state index contributed by atoms with van der Waals surface area (Å²) in [5, 5.41) is 16.4. The van der Waals surface area contributed by atoms with Crippen LogP contribution in [0.25, 0.3) is 0 Å². The predicted octanol–water partition coefficient (Wildman–Crippen LogP) is 1.47. The fraction of sp³-hybridized carbons (Fsp3) is 0.500. The Kier molecular flexibility index (Phi) is 4.29. The van der Waals surface area contributed by atoms with E-state index in [-0.39, 0.29) is 12.5 Å². The summed E-state index contributed by atoms with van der Waals surface area (Å²) in [4.78, 5) is 28.2. The van der Waals surface area contributed by atoms with Crippen molar-refractivity contribution in [3.05, 3.63) is 38.6 Å². The minimum Gasteiger partial charge on any atom is -0.507 e. The number of benzene rings is 1. The van der Waals surface area contributed by atoms with Crippen molar-refractivity contribution < 1.29 is 14.6 Å². The lowest BCUT2D eigenvalue weighted by atomic mass is 9.86. The molecule has 140 valence electrons. The van der Waals surface area contributed by atoms with Crippen LogP contribution < -0.4 is 10.4 Å². The summed E-state index contributed by atoms with van der Waals surface area (Å²) in [6.45, 7) is 7.56. The molecule has 8 nitrogen and oxygen atoms in total. The zero-order chi connectivity index (χ0) is 19.2. The van der Waals surface area contributed by atoms with Gasteiger partial charge in [-0.3, -0.25) is 9.78 Å². The molecule has 3 rings (SSSR count). The van der Waals surface area contributed by atoms with E-state index in [1.54, 1.807) is 14.0 Å². The number of carbonyl (C=O) groups is 1. The average molecular weight is 360 g/mol. The zero-order valence-corrected chi connectivity index (χ0v) is 15.7. The molecule has 0 radical (unpaired) electrons. The van der Waals surface area contributed by atoms with E-state index in [0.29, 0.717) is 30.2 Å². The number of amides is 1. The van der Waals surface area contributed by atoms with Gasteiger partial charge in [0.1, 0.15) is 11.5 Å². The van der Waals surface area contributed by atoms with E-state index >= 15 is 0 Å². The smallest absolute Gasteiger partial charge is 0.340 e. The van der Waals surface area contributed by atoms with E-state index in [4.69, 9.17) is 4.74 Å². The summed E-state index contributed by atoms with van der Waals surface area (Å²) in [7, 11) is 1.65. The van der Waals surface area contributed by atoms with Gasteiger partial charge in [-0.2, -0.15) is 5.10 Å². The van der Waals surface area contributed by atoms with Gasteiger partial charge in [0.05, 0.1) is 6.54 Å². The average Bonchev–Trinajstić information content (AvgIpc) is 3.02. The Morgan fingerprint density at radius 3 is 2.62 bits per heavy atom. The highest BCUT2D eigenvalue weighted by Gasteiger charge is 2.42. The van der Waals surface area contributed by atoms with Crippen LogP contribution in [-0.2, 0) is 17.8 Å². The molecular formula is C18H24N4O4. The Hall–Kier alpha value is -2.77. The van der Waals surface area contributed by atoms with Crippen LogP contribution in [0.15, 0.2) is 4.79 Å². The molecule has 1 aliphatic rings. The third-order valence-electron chi connectivity index (χ3n) is 5.26. The number of fused-ring (bicyclic) bond motifs is 1. The molecule has 1 aromatic carbocycles. The van der Waals surface area contributed by atoms with Crippen molar-refractivity contribution in [2.75, 3.05) is 7.05 Å². The minimum atomic E-state index is -1.01. The van der Waals surface area contributed by atoms with E-state index in [1.807, 2.05) is 20.8 Å². The lowest BCUT2D eigenvalue weighted by Crippen LogP contribution is -2.51. The van der Waals surface area contributed by atoms with Gasteiger partial charge in [0.15, 0.2) is 11.4 Å². The summed E-state index contributed by atoms with van der Waals surface area (Å²) in [6, 6.07) is 0. The molecule has 26 heavy (non-hydrogen) atoms. The summed E-state index contributed by atoms with van der Waals surface area (Å²) in [6.07, 6.45) is 1.15. The molecule has 0 aliphatic carbocycles. The summed E-state index contributed by atoms with van der Waals surface area (Å²) < 4.78 is 6.19. The monoisotopic (exact) mass is 360 g/mol. The van der Waals surface area contributed by atoms with Crippen molar-refractivity contribution >= 4 is 5.91 Å². The van der Waals surface area contributed by atoms with Gasteiger partial charge in [-0.15, -0.1) is 0 Å². The number of aromatic hydroxyl groups is 1. The van der Waals surface area contributed by atoms with Crippen molar-refractivity contribution in [2.24, 2.45) is 0 Å². The van der Waals surface area contributed by atoms with E-state index < -0.39 is 11.3 Å². The quantitative estimate of drug-likeness (QED) is 0.767. The van der Waals surface area contributed by atoms with Crippen molar-refractivity contribution in [3.63, 3.8) is 0 Å². The van der Waals surface area contributed by atoms with E-state index in [9.17, 15) is 14.7 Å². The molecule has 1 atom stereocenters. The number of hydrogen-bond acceptors (Lipinski definition) is 5. The maximum absolute atomic E-state index is 13.0. The first-order valence-corrected chi connectivity index (χ1v) is 8.54. The van der Waals surface area contributed by atoms with E-state index in [1.165, 1.54) is 4.90 Å². The number of nitrogens with one attached hydrogen (secondary N) is 2. The van der Waals surface area contributed by atoms with Crippen LogP contribution in [0, 0.1) is 20.8 Å². The zero-order valence-electron chi connectivity index (χ0n) is 15.7. The normalized spacial score (nSPS) is 19.0. The summed E-state index contributed by atoms with van der Waals surface area (Å²) in [5.74, 6) is 1.18. The van der Waals surface area contributed by atoms with Gasteiger partial charge in [-0.25, -0.2) is 9.89 Å². The molecule has 2 heterocycles. The van der Waals surface area contributed by atoms with Crippen molar-refractivity contribution in [2.45, 2.75) is 52.7 Å². The first-order valence-electron chi connectivity index (χ1n) is 8.54. The Balaban J connectivity index is 1.88. The molecule has 8 heteroatoms. The number of aromatic amines is 2. The Morgan fingerprint density at radius 2 is 2.00 bits per heavy atom. The number of ether oxygens (including phenoxy) is 1. The fourth-order valence-corrected chi connectivity index (χ4v) is 3.48. The van der Waals surface area contributed by atoms with Gasteiger partial charge in [0.2, 0.25) is 0 Å². The number of carbonyl (C=O) groups excluding carboxylic acids is 1. The number of hydrogen-bond donors (Lipinski definition) is 3. The molecule has 1 amide bonds. The molecule has 0 saturated carbocycles. The van der Waals surface area contributed by atoms with Crippen LogP contribution in [-0.4, -0.2) is 43.7 Å². The molecule has 0 spiro atoms. The highest BCUT2D eigenvalue weighted by Crippen LogP contribution is 2.43. The molecule has 3 N–H and O–H groups in total. The van der Waals surface area contributed by atoms with Crippen LogP contribution >= 0.6 is 0 Å². The lowest BCUT2D eigenvalue weighted by molar-refractivity contribution is -0.147. The van der Waals surface area contributed by atoms with Crippen molar-refractivity contribution in [3.8, 4) is 11.5 Å². The van der Waals surface area contributed by atoms with Crippen LogP contribution in [0.3, 0.4) is 0 Å². The topological polar surface area (TPSA) is 111 Å². The first kappa shape index (κ1) is 18.0. The third kappa shape index (κ3) is 2.85. The van der Waals surface area contributed by atoms with E-state index in [2.05, 4.69) is 15.2 Å². The number of rotatable bonds is 3. The number of H-pyrrole nitrogens is 2. The second-order valence-corrected chi connectivity index (χ2v) is 7.15. The molecule has 1 aromatic heterocycles. The highest BCUT2D eigenvalue weighted by molar-refractivity contribution is 5.85. The number of likely N-dealkylation sites (N-methyl/N-ethyl adjacent to an activating group) is 1.